The van der Waals surface area contributed by atoms with Crippen molar-refractivity contribution >= 4 is 11.6 Å². The first kappa shape index (κ1) is 11.7. The van der Waals surface area contributed by atoms with E-state index in [1.807, 2.05) is 0 Å². The molecule has 0 fully saturated rings. The van der Waals surface area contributed by atoms with Crippen molar-refractivity contribution in [3.63, 3.8) is 0 Å². The van der Waals surface area contributed by atoms with Crippen molar-refractivity contribution in [2.45, 2.75) is 26.0 Å². The zero-order valence-electron chi connectivity index (χ0n) is 8.73. The molecule has 0 aliphatic carbocycles. The molecule has 0 spiro atoms. The van der Waals surface area contributed by atoms with Gasteiger partial charge in [0.25, 0.3) is 0 Å². The molecular formula is C11H16N2O2. The van der Waals surface area contributed by atoms with E-state index in [1.54, 1.807) is 31.2 Å². The fraction of sp³-hybridized carbons (Fsp3) is 0.364. The van der Waals surface area contributed by atoms with Crippen molar-refractivity contribution in [3.05, 3.63) is 29.8 Å². The predicted molar refractivity (Wildman–Crippen MR) is 59.3 cm³/mol. The highest BCUT2D eigenvalue weighted by atomic mass is 16.3. The predicted octanol–water partition coefficient (Wildman–Crippen LogP) is 0.855. The summed E-state index contributed by atoms with van der Waals surface area (Å²) < 4.78 is 0. The van der Waals surface area contributed by atoms with Crippen LogP contribution >= 0.6 is 0 Å². The van der Waals surface area contributed by atoms with Crippen molar-refractivity contribution < 1.29 is 9.90 Å². The highest BCUT2D eigenvalue weighted by Gasteiger charge is 2.05. The molecule has 1 aromatic rings. The minimum Gasteiger partial charge on any atom is -0.392 e. The van der Waals surface area contributed by atoms with Crippen LogP contribution in [-0.4, -0.2) is 17.1 Å². The number of carbonyl (C=O) groups is 1. The molecule has 0 aliphatic rings. The molecule has 1 amide bonds. The monoisotopic (exact) mass is 208 g/mol. The molecule has 0 saturated heterocycles. The van der Waals surface area contributed by atoms with E-state index in [2.05, 4.69) is 5.32 Å². The van der Waals surface area contributed by atoms with Gasteiger partial charge >= 0.3 is 0 Å². The van der Waals surface area contributed by atoms with Gasteiger partial charge in [-0.15, -0.1) is 0 Å². The Morgan fingerprint density at radius 1 is 1.60 bits per heavy atom. The van der Waals surface area contributed by atoms with Crippen LogP contribution in [0.2, 0.25) is 0 Å². The zero-order chi connectivity index (χ0) is 11.3. The maximum Gasteiger partial charge on any atom is 0.225 e. The lowest BCUT2D eigenvalue weighted by atomic mass is 10.2. The van der Waals surface area contributed by atoms with Crippen LogP contribution in [0.3, 0.4) is 0 Å². The summed E-state index contributed by atoms with van der Waals surface area (Å²) in [6.45, 7) is 1.75. The molecule has 1 aromatic carbocycles. The number of rotatable bonds is 4. The van der Waals surface area contributed by atoms with Crippen molar-refractivity contribution in [2.75, 3.05) is 5.32 Å². The second kappa shape index (κ2) is 5.48. The van der Waals surface area contributed by atoms with E-state index >= 15 is 0 Å². The Kier molecular flexibility index (Phi) is 4.27. The van der Waals surface area contributed by atoms with Crippen LogP contribution in [0.1, 0.15) is 18.9 Å². The molecule has 0 saturated carbocycles. The highest BCUT2D eigenvalue weighted by molar-refractivity contribution is 5.91. The molecule has 82 valence electrons. The molecule has 1 atom stereocenters. The summed E-state index contributed by atoms with van der Waals surface area (Å²) in [5.74, 6) is -0.111. The molecule has 0 aliphatic heterocycles. The summed E-state index contributed by atoms with van der Waals surface area (Å²) in [4.78, 5) is 11.4. The Hall–Kier alpha value is -1.39. The first-order chi connectivity index (χ1) is 7.11. The Labute approximate surface area is 89.1 Å². The van der Waals surface area contributed by atoms with Crippen molar-refractivity contribution in [1.29, 1.82) is 0 Å². The van der Waals surface area contributed by atoms with E-state index in [0.717, 1.165) is 5.56 Å². The lowest BCUT2D eigenvalue weighted by molar-refractivity contribution is -0.116. The van der Waals surface area contributed by atoms with E-state index in [0.29, 0.717) is 12.1 Å². The van der Waals surface area contributed by atoms with Crippen LogP contribution in [0.5, 0.6) is 0 Å². The van der Waals surface area contributed by atoms with Gasteiger partial charge in [0, 0.05) is 18.2 Å². The second-order valence-corrected chi connectivity index (χ2v) is 3.59. The van der Waals surface area contributed by atoms with Gasteiger partial charge in [0.1, 0.15) is 0 Å². The van der Waals surface area contributed by atoms with Crippen LogP contribution in [0.25, 0.3) is 0 Å². The maximum absolute atomic E-state index is 11.4. The maximum atomic E-state index is 11.4. The minimum absolute atomic E-state index is 0.0308. The SMILES string of the molecule is CC(N)CC(=O)Nc1cccc(CO)c1. The molecule has 4 nitrogen and oxygen atoms in total. The highest BCUT2D eigenvalue weighted by Crippen LogP contribution is 2.10. The number of amides is 1. The molecule has 1 rings (SSSR count). The van der Waals surface area contributed by atoms with Crippen molar-refractivity contribution in [3.8, 4) is 0 Å². The van der Waals surface area contributed by atoms with Crippen LogP contribution in [0.15, 0.2) is 24.3 Å². The second-order valence-electron chi connectivity index (χ2n) is 3.59. The quantitative estimate of drug-likeness (QED) is 0.686. The van der Waals surface area contributed by atoms with E-state index in [4.69, 9.17) is 10.8 Å². The fourth-order valence-corrected chi connectivity index (χ4v) is 1.25. The molecule has 1 unspecified atom stereocenters. The van der Waals surface area contributed by atoms with Crippen LogP contribution in [-0.2, 0) is 11.4 Å². The molecule has 0 bridgehead atoms. The summed E-state index contributed by atoms with van der Waals surface area (Å²) in [5, 5.41) is 11.6. The number of carbonyl (C=O) groups excluding carboxylic acids is 1. The Bertz CT molecular complexity index is 337. The number of nitrogens with two attached hydrogens (primary N) is 1. The lowest BCUT2D eigenvalue weighted by Crippen LogP contribution is -2.23. The van der Waals surface area contributed by atoms with Gasteiger partial charge in [-0.25, -0.2) is 0 Å². The normalized spacial score (nSPS) is 12.2. The number of nitrogens with one attached hydrogen (secondary N) is 1. The third-order valence-electron chi connectivity index (χ3n) is 1.90. The summed E-state index contributed by atoms with van der Waals surface area (Å²) >= 11 is 0. The molecule has 0 heterocycles. The van der Waals surface area contributed by atoms with Crippen LogP contribution in [0.4, 0.5) is 5.69 Å². The molecule has 0 aromatic heterocycles. The van der Waals surface area contributed by atoms with Gasteiger partial charge in [-0.05, 0) is 24.6 Å². The minimum atomic E-state index is -0.147. The Morgan fingerprint density at radius 3 is 2.93 bits per heavy atom. The Balaban J connectivity index is 2.60. The molecule has 4 N–H and O–H groups in total. The fourth-order valence-electron chi connectivity index (χ4n) is 1.25. The number of aliphatic hydroxyl groups is 1. The van der Waals surface area contributed by atoms with Crippen molar-refractivity contribution in [2.24, 2.45) is 5.73 Å². The van der Waals surface area contributed by atoms with E-state index in [9.17, 15) is 4.79 Å². The van der Waals surface area contributed by atoms with Gasteiger partial charge in [-0.3, -0.25) is 4.79 Å². The average molecular weight is 208 g/mol. The average Bonchev–Trinajstić information content (AvgIpc) is 2.16. The third-order valence-corrected chi connectivity index (χ3v) is 1.90. The van der Waals surface area contributed by atoms with Crippen LogP contribution < -0.4 is 11.1 Å². The summed E-state index contributed by atoms with van der Waals surface area (Å²) in [7, 11) is 0. The smallest absolute Gasteiger partial charge is 0.225 e. The van der Waals surface area contributed by atoms with Crippen molar-refractivity contribution in [1.82, 2.24) is 0 Å². The number of hydrogen-bond acceptors (Lipinski definition) is 3. The zero-order valence-corrected chi connectivity index (χ0v) is 8.73. The lowest BCUT2D eigenvalue weighted by Gasteiger charge is -2.07. The molecule has 4 heteroatoms. The molecule has 0 radical (unpaired) electrons. The van der Waals surface area contributed by atoms with Gasteiger partial charge < -0.3 is 16.2 Å². The molecular weight excluding hydrogens is 192 g/mol. The van der Waals surface area contributed by atoms with E-state index in [-0.39, 0.29) is 18.6 Å². The molecule has 15 heavy (non-hydrogen) atoms. The number of aliphatic hydroxyl groups excluding tert-OH is 1. The van der Waals surface area contributed by atoms with E-state index in [1.165, 1.54) is 0 Å². The first-order valence-corrected chi connectivity index (χ1v) is 4.87. The third kappa shape index (κ3) is 4.10. The number of anilines is 1. The van der Waals surface area contributed by atoms with Gasteiger partial charge in [-0.2, -0.15) is 0 Å². The van der Waals surface area contributed by atoms with Gasteiger partial charge in [0.2, 0.25) is 5.91 Å². The summed E-state index contributed by atoms with van der Waals surface area (Å²) in [6.07, 6.45) is 0.295. The number of hydrogen-bond donors (Lipinski definition) is 3. The Morgan fingerprint density at radius 2 is 2.33 bits per heavy atom. The van der Waals surface area contributed by atoms with E-state index < -0.39 is 0 Å². The van der Waals surface area contributed by atoms with Crippen LogP contribution in [0, 0.1) is 0 Å². The largest absolute Gasteiger partial charge is 0.392 e. The summed E-state index contributed by atoms with van der Waals surface area (Å²) in [6, 6.07) is 6.94. The number of benzene rings is 1. The summed E-state index contributed by atoms with van der Waals surface area (Å²) in [5.41, 5.74) is 6.96. The van der Waals surface area contributed by atoms with Gasteiger partial charge in [-0.1, -0.05) is 12.1 Å². The van der Waals surface area contributed by atoms with Gasteiger partial charge in [0.15, 0.2) is 0 Å². The first-order valence-electron chi connectivity index (χ1n) is 4.87. The van der Waals surface area contributed by atoms with Gasteiger partial charge in [0.05, 0.1) is 6.61 Å². The topological polar surface area (TPSA) is 75.4 Å². The standard InChI is InChI=1S/C11H16N2O2/c1-8(12)5-11(15)13-10-4-2-3-9(6-10)7-14/h2-4,6,8,14H,5,7,12H2,1H3,(H,13,15).